The summed E-state index contributed by atoms with van der Waals surface area (Å²) in [4.78, 5) is 42.0. The number of nitrogens with zero attached hydrogens (tertiary/aromatic N) is 2. The predicted octanol–water partition coefficient (Wildman–Crippen LogP) is 2.45. The van der Waals surface area contributed by atoms with Crippen LogP contribution in [-0.4, -0.2) is 42.3 Å². The molecule has 0 atom stereocenters. The van der Waals surface area contributed by atoms with Gasteiger partial charge in [0.1, 0.15) is 11.6 Å². The largest absolute Gasteiger partial charge is 0.435 e. The lowest BCUT2D eigenvalue weighted by Crippen LogP contribution is -2.42. The van der Waals surface area contributed by atoms with E-state index in [9.17, 15) is 23.2 Å². The minimum atomic E-state index is -3.00. The van der Waals surface area contributed by atoms with Crippen molar-refractivity contribution in [1.82, 2.24) is 9.55 Å². The van der Waals surface area contributed by atoms with Crippen molar-refractivity contribution in [2.24, 2.45) is 0 Å². The molecule has 3 N–H and O–H groups in total. The van der Waals surface area contributed by atoms with Crippen LogP contribution in [0.1, 0.15) is 22.3 Å². The van der Waals surface area contributed by atoms with Gasteiger partial charge in [-0.25, -0.2) is 4.79 Å². The van der Waals surface area contributed by atoms with Crippen molar-refractivity contribution in [2.45, 2.75) is 19.6 Å². The third-order valence-corrected chi connectivity index (χ3v) is 4.97. The number of hydrogen-bond acceptors (Lipinski definition) is 6. The number of alkyl halides is 2. The molecule has 3 rings (SSSR count). The second-order valence-corrected chi connectivity index (χ2v) is 7.27. The molecule has 0 fully saturated rings. The first-order valence-corrected chi connectivity index (χ1v) is 10.3. The number of H-pyrrole nitrogens is 1. The summed E-state index contributed by atoms with van der Waals surface area (Å²) in [5, 5.41) is 0. The summed E-state index contributed by atoms with van der Waals surface area (Å²) in [6, 6.07) is 14.0. The third-order valence-electron chi connectivity index (χ3n) is 4.97. The fourth-order valence-electron chi connectivity index (χ4n) is 3.38. The van der Waals surface area contributed by atoms with Crippen LogP contribution in [0.4, 0.5) is 20.3 Å². The molecular formula is C23H24F2N4O5. The molecular weight excluding hydrogens is 450 g/mol. The molecule has 34 heavy (non-hydrogen) atoms. The number of carbonyl (C=O) groups excluding carboxylic acids is 1. The first-order chi connectivity index (χ1) is 16.3. The Hall–Kier alpha value is -3.99. The van der Waals surface area contributed by atoms with E-state index in [4.69, 9.17) is 10.5 Å². The number of halogens is 2. The van der Waals surface area contributed by atoms with Gasteiger partial charge in [-0.3, -0.25) is 19.1 Å². The second kappa shape index (κ2) is 11.2. The molecule has 0 aliphatic heterocycles. The van der Waals surface area contributed by atoms with E-state index in [2.05, 4.69) is 9.72 Å². The Balaban J connectivity index is 2.02. The van der Waals surface area contributed by atoms with Crippen molar-refractivity contribution in [3.8, 4) is 5.75 Å². The zero-order valence-corrected chi connectivity index (χ0v) is 18.4. The summed E-state index contributed by atoms with van der Waals surface area (Å²) < 4.78 is 35.4. The molecule has 0 saturated heterocycles. The fraction of sp³-hybridized carbons (Fsp3) is 0.261. The minimum absolute atomic E-state index is 0.0543. The van der Waals surface area contributed by atoms with Gasteiger partial charge in [0.15, 0.2) is 5.69 Å². The molecule has 0 unspecified atom stereocenters. The van der Waals surface area contributed by atoms with Gasteiger partial charge in [0.05, 0.1) is 6.54 Å². The van der Waals surface area contributed by atoms with E-state index >= 15 is 0 Å². The van der Waals surface area contributed by atoms with Crippen LogP contribution in [0.5, 0.6) is 5.75 Å². The second-order valence-electron chi connectivity index (χ2n) is 7.27. The van der Waals surface area contributed by atoms with Gasteiger partial charge in [-0.2, -0.15) is 8.78 Å². The molecule has 0 spiro atoms. The SMILES string of the molecule is COCCCN(C(=O)c1ccc(OC(F)F)cc1)c1c(N)n(Cc2ccccc2)c(=O)[nH]c1=O. The van der Waals surface area contributed by atoms with Crippen LogP contribution in [0.3, 0.4) is 0 Å². The number of benzene rings is 2. The molecule has 0 radical (unpaired) electrons. The monoisotopic (exact) mass is 474 g/mol. The van der Waals surface area contributed by atoms with Crippen LogP contribution in [0, 0.1) is 0 Å². The van der Waals surface area contributed by atoms with Crippen LogP contribution >= 0.6 is 0 Å². The van der Waals surface area contributed by atoms with E-state index < -0.39 is 23.8 Å². The highest BCUT2D eigenvalue weighted by Crippen LogP contribution is 2.22. The maximum atomic E-state index is 13.3. The highest BCUT2D eigenvalue weighted by molar-refractivity contribution is 6.07. The number of hydrogen-bond donors (Lipinski definition) is 2. The molecule has 11 heteroatoms. The molecule has 2 aromatic carbocycles. The lowest BCUT2D eigenvalue weighted by atomic mass is 10.1. The average molecular weight is 474 g/mol. The molecule has 0 aliphatic rings. The number of nitrogen functional groups attached to an aromatic ring is 1. The normalized spacial score (nSPS) is 10.9. The number of nitrogens with one attached hydrogen (secondary N) is 1. The number of ether oxygens (including phenoxy) is 2. The Morgan fingerprint density at radius 1 is 1.12 bits per heavy atom. The summed E-state index contributed by atoms with van der Waals surface area (Å²) >= 11 is 0. The molecule has 1 heterocycles. The number of methoxy groups -OCH3 is 1. The van der Waals surface area contributed by atoms with Crippen molar-refractivity contribution in [3.05, 3.63) is 86.6 Å². The molecule has 180 valence electrons. The van der Waals surface area contributed by atoms with Gasteiger partial charge >= 0.3 is 12.3 Å². The molecule has 1 aromatic heterocycles. The Bertz CT molecular complexity index is 1230. The van der Waals surface area contributed by atoms with Crippen LogP contribution in [0.2, 0.25) is 0 Å². The lowest BCUT2D eigenvalue weighted by Gasteiger charge is -2.24. The molecule has 1 amide bonds. The number of carbonyl (C=O) groups is 1. The number of anilines is 2. The summed E-state index contributed by atoms with van der Waals surface area (Å²) in [5.74, 6) is -0.908. The maximum Gasteiger partial charge on any atom is 0.387 e. The molecule has 0 bridgehead atoms. The van der Waals surface area contributed by atoms with E-state index in [-0.39, 0.29) is 35.9 Å². The van der Waals surface area contributed by atoms with Crippen molar-refractivity contribution >= 4 is 17.4 Å². The highest BCUT2D eigenvalue weighted by atomic mass is 19.3. The first kappa shape index (κ1) is 24.6. The fourth-order valence-corrected chi connectivity index (χ4v) is 3.38. The number of aromatic amines is 1. The van der Waals surface area contributed by atoms with Gasteiger partial charge in [0.2, 0.25) is 0 Å². The third kappa shape index (κ3) is 5.87. The standard InChI is InChI=1S/C23H24F2N4O5/c1-33-13-5-12-28(21(31)16-8-10-17(11-9-16)34-22(24)25)18-19(26)29(23(32)27-20(18)30)14-15-6-3-2-4-7-15/h2-4,6-11,22H,5,12-14,26H2,1H3,(H,27,30,32). The highest BCUT2D eigenvalue weighted by Gasteiger charge is 2.25. The summed E-state index contributed by atoms with van der Waals surface area (Å²) in [6.07, 6.45) is 0.367. The van der Waals surface area contributed by atoms with E-state index in [0.29, 0.717) is 13.0 Å². The van der Waals surface area contributed by atoms with Gasteiger partial charge in [-0.15, -0.1) is 0 Å². The molecule has 3 aromatic rings. The smallest absolute Gasteiger partial charge is 0.387 e. The molecule has 0 saturated carbocycles. The van der Waals surface area contributed by atoms with Crippen molar-refractivity contribution < 1.29 is 23.0 Å². The first-order valence-electron chi connectivity index (χ1n) is 10.3. The quantitative estimate of drug-likeness (QED) is 0.436. The van der Waals surface area contributed by atoms with Crippen LogP contribution in [0.25, 0.3) is 0 Å². The van der Waals surface area contributed by atoms with E-state index in [1.165, 1.54) is 35.9 Å². The number of nitrogens with two attached hydrogens (primary N) is 1. The van der Waals surface area contributed by atoms with Gasteiger partial charge in [0, 0.05) is 25.8 Å². The molecule has 0 aliphatic carbocycles. The maximum absolute atomic E-state index is 13.3. The van der Waals surface area contributed by atoms with Crippen LogP contribution in [0.15, 0.2) is 64.2 Å². The summed E-state index contributed by atoms with van der Waals surface area (Å²) in [7, 11) is 1.50. The van der Waals surface area contributed by atoms with Crippen molar-refractivity contribution in [1.29, 1.82) is 0 Å². The number of aromatic nitrogens is 2. The van der Waals surface area contributed by atoms with Gasteiger partial charge in [-0.1, -0.05) is 30.3 Å². The zero-order valence-electron chi connectivity index (χ0n) is 18.4. The predicted molar refractivity (Wildman–Crippen MR) is 123 cm³/mol. The Morgan fingerprint density at radius 2 is 1.79 bits per heavy atom. The van der Waals surface area contributed by atoms with Gasteiger partial charge in [0.25, 0.3) is 11.5 Å². The summed E-state index contributed by atoms with van der Waals surface area (Å²) in [6.45, 7) is -2.57. The van der Waals surface area contributed by atoms with Crippen LogP contribution < -0.4 is 26.6 Å². The lowest BCUT2D eigenvalue weighted by molar-refractivity contribution is -0.0498. The Kier molecular flexibility index (Phi) is 8.14. The topological polar surface area (TPSA) is 120 Å². The summed E-state index contributed by atoms with van der Waals surface area (Å²) in [5.41, 5.74) is 5.39. The number of rotatable bonds is 10. The van der Waals surface area contributed by atoms with Gasteiger partial charge in [-0.05, 0) is 36.2 Å². The van der Waals surface area contributed by atoms with E-state index in [1.54, 1.807) is 24.3 Å². The average Bonchev–Trinajstić information content (AvgIpc) is 2.81. The van der Waals surface area contributed by atoms with Crippen molar-refractivity contribution in [3.63, 3.8) is 0 Å². The van der Waals surface area contributed by atoms with Gasteiger partial charge < -0.3 is 20.1 Å². The van der Waals surface area contributed by atoms with Crippen LogP contribution in [-0.2, 0) is 11.3 Å². The van der Waals surface area contributed by atoms with E-state index in [0.717, 1.165) is 10.5 Å². The van der Waals surface area contributed by atoms with E-state index in [1.807, 2.05) is 6.07 Å². The minimum Gasteiger partial charge on any atom is -0.435 e. The molecule has 9 nitrogen and oxygen atoms in total. The number of amides is 1. The van der Waals surface area contributed by atoms with Crippen molar-refractivity contribution in [2.75, 3.05) is 30.9 Å². The Labute approximate surface area is 193 Å². The zero-order chi connectivity index (χ0) is 24.7. The Morgan fingerprint density at radius 3 is 2.41 bits per heavy atom.